The van der Waals surface area contributed by atoms with E-state index in [0.29, 0.717) is 12.1 Å². The zero-order chi connectivity index (χ0) is 12.4. The number of nitrogens with one attached hydrogen (secondary N) is 2. The summed E-state index contributed by atoms with van der Waals surface area (Å²) >= 11 is 0. The first kappa shape index (κ1) is 12.3. The van der Waals surface area contributed by atoms with Crippen molar-refractivity contribution in [1.82, 2.24) is 10.6 Å². The maximum atomic E-state index is 11.8. The summed E-state index contributed by atoms with van der Waals surface area (Å²) in [6.45, 7) is 1.62. The van der Waals surface area contributed by atoms with E-state index in [4.69, 9.17) is 4.74 Å². The van der Waals surface area contributed by atoms with Gasteiger partial charge in [0, 0.05) is 19.2 Å². The van der Waals surface area contributed by atoms with E-state index in [1.54, 1.807) is 0 Å². The fourth-order valence-electron chi connectivity index (χ4n) is 3.86. The third-order valence-corrected chi connectivity index (χ3v) is 4.83. The van der Waals surface area contributed by atoms with Crippen molar-refractivity contribution >= 4 is 6.03 Å². The monoisotopic (exact) mass is 252 g/mol. The number of rotatable bonds is 4. The van der Waals surface area contributed by atoms with Crippen molar-refractivity contribution in [3.8, 4) is 0 Å². The van der Waals surface area contributed by atoms with E-state index in [1.165, 1.54) is 32.1 Å². The molecule has 0 aromatic rings. The van der Waals surface area contributed by atoms with E-state index < -0.39 is 0 Å². The quantitative estimate of drug-likeness (QED) is 0.804. The first-order valence-corrected chi connectivity index (χ1v) is 7.47. The molecular formula is C14H24N2O2. The predicted molar refractivity (Wildman–Crippen MR) is 69.4 cm³/mol. The highest BCUT2D eigenvalue weighted by Crippen LogP contribution is 2.44. The summed E-state index contributed by atoms with van der Waals surface area (Å²) in [5.74, 6) is 1.63. The minimum atomic E-state index is 0.0190. The fourth-order valence-corrected chi connectivity index (χ4v) is 3.86. The van der Waals surface area contributed by atoms with Crippen LogP contribution in [0.3, 0.4) is 0 Å². The van der Waals surface area contributed by atoms with Crippen LogP contribution in [0.2, 0.25) is 0 Å². The molecule has 4 atom stereocenters. The van der Waals surface area contributed by atoms with Gasteiger partial charge in [-0.25, -0.2) is 4.79 Å². The number of amides is 2. The summed E-state index contributed by atoms with van der Waals surface area (Å²) in [6.07, 6.45) is 8.86. The topological polar surface area (TPSA) is 50.4 Å². The molecule has 1 aliphatic heterocycles. The number of hydrogen-bond donors (Lipinski definition) is 2. The molecule has 0 unspecified atom stereocenters. The molecule has 2 amide bonds. The first-order chi connectivity index (χ1) is 8.81. The highest BCUT2D eigenvalue weighted by molar-refractivity contribution is 5.74. The molecule has 102 valence electrons. The largest absolute Gasteiger partial charge is 0.378 e. The van der Waals surface area contributed by atoms with Crippen molar-refractivity contribution in [3.05, 3.63) is 0 Å². The van der Waals surface area contributed by atoms with Crippen LogP contribution < -0.4 is 10.6 Å². The zero-order valence-electron chi connectivity index (χ0n) is 11.0. The van der Waals surface area contributed by atoms with Crippen LogP contribution in [0.5, 0.6) is 0 Å². The maximum Gasteiger partial charge on any atom is 0.315 e. The van der Waals surface area contributed by atoms with Gasteiger partial charge in [-0.3, -0.25) is 0 Å². The van der Waals surface area contributed by atoms with Crippen LogP contribution >= 0.6 is 0 Å². The minimum Gasteiger partial charge on any atom is -0.378 e. The lowest BCUT2D eigenvalue weighted by atomic mass is 9.95. The van der Waals surface area contributed by atoms with Crippen LogP contribution in [-0.4, -0.2) is 31.3 Å². The van der Waals surface area contributed by atoms with E-state index >= 15 is 0 Å². The van der Waals surface area contributed by atoms with Crippen molar-refractivity contribution < 1.29 is 9.53 Å². The van der Waals surface area contributed by atoms with Crippen LogP contribution in [-0.2, 0) is 4.74 Å². The second-order valence-corrected chi connectivity index (χ2v) is 6.11. The molecule has 0 radical (unpaired) electrons. The number of urea groups is 1. The molecule has 3 rings (SSSR count). The molecule has 1 saturated heterocycles. The van der Waals surface area contributed by atoms with Crippen molar-refractivity contribution in [2.24, 2.45) is 11.8 Å². The van der Waals surface area contributed by atoms with Gasteiger partial charge in [-0.15, -0.1) is 0 Å². The van der Waals surface area contributed by atoms with Gasteiger partial charge in [0.1, 0.15) is 0 Å². The van der Waals surface area contributed by atoms with Crippen molar-refractivity contribution in [2.75, 3.05) is 13.2 Å². The number of fused-ring (bicyclic) bond motifs is 2. The molecule has 1 heterocycles. The summed E-state index contributed by atoms with van der Waals surface area (Å²) in [5, 5.41) is 6.11. The Hall–Kier alpha value is -0.770. The Morgan fingerprint density at radius 1 is 1.22 bits per heavy atom. The zero-order valence-corrected chi connectivity index (χ0v) is 11.0. The Morgan fingerprint density at radius 3 is 2.83 bits per heavy atom. The highest BCUT2D eigenvalue weighted by atomic mass is 16.5. The van der Waals surface area contributed by atoms with Gasteiger partial charge in [0.2, 0.25) is 0 Å². The molecule has 18 heavy (non-hydrogen) atoms. The van der Waals surface area contributed by atoms with E-state index in [-0.39, 0.29) is 6.03 Å². The van der Waals surface area contributed by atoms with Crippen LogP contribution in [0.15, 0.2) is 0 Å². The highest BCUT2D eigenvalue weighted by Gasteiger charge is 2.40. The molecule has 3 aliphatic rings. The van der Waals surface area contributed by atoms with E-state index in [2.05, 4.69) is 10.6 Å². The lowest BCUT2D eigenvalue weighted by Crippen LogP contribution is -2.45. The van der Waals surface area contributed by atoms with Gasteiger partial charge in [0.05, 0.1) is 6.10 Å². The fraction of sp³-hybridized carbons (Fsp3) is 0.929. The lowest BCUT2D eigenvalue weighted by Gasteiger charge is -2.23. The normalized spacial score (nSPS) is 38.0. The summed E-state index contributed by atoms with van der Waals surface area (Å²) < 4.78 is 5.54. The first-order valence-electron chi connectivity index (χ1n) is 7.47. The molecule has 0 aromatic carbocycles. The van der Waals surface area contributed by atoms with Gasteiger partial charge < -0.3 is 15.4 Å². The third-order valence-electron chi connectivity index (χ3n) is 4.83. The summed E-state index contributed by atoms with van der Waals surface area (Å²) in [4.78, 5) is 11.8. The van der Waals surface area contributed by atoms with Gasteiger partial charge in [0.25, 0.3) is 0 Å². The second-order valence-electron chi connectivity index (χ2n) is 6.11. The van der Waals surface area contributed by atoms with Crippen LogP contribution in [0.1, 0.15) is 44.9 Å². The van der Waals surface area contributed by atoms with Gasteiger partial charge in [-0.2, -0.15) is 0 Å². The van der Waals surface area contributed by atoms with Crippen molar-refractivity contribution in [2.45, 2.75) is 57.1 Å². The van der Waals surface area contributed by atoms with E-state index in [9.17, 15) is 4.79 Å². The molecule has 3 fully saturated rings. The second kappa shape index (κ2) is 5.47. The Kier molecular flexibility index (Phi) is 3.73. The SMILES string of the molecule is O=C(NCC[C@@H]1CCCO1)N[C@@H]1C[C@H]2CC[C@H]1C2. The van der Waals surface area contributed by atoms with Gasteiger partial charge in [-0.05, 0) is 50.4 Å². The van der Waals surface area contributed by atoms with E-state index in [0.717, 1.165) is 37.8 Å². The average Bonchev–Trinajstić information content (AvgIpc) is 3.04. The van der Waals surface area contributed by atoms with Crippen LogP contribution in [0.4, 0.5) is 4.79 Å². The predicted octanol–water partition coefficient (Wildman–Crippen LogP) is 2.04. The molecule has 4 nitrogen and oxygen atoms in total. The standard InChI is InChI=1S/C14H24N2O2/c17-14(15-6-5-12-2-1-7-18-12)16-13-9-10-3-4-11(13)8-10/h10-13H,1-9H2,(H2,15,16,17)/t10-,11-,12-,13+/m0/s1. The third kappa shape index (κ3) is 2.79. The molecule has 4 heteroatoms. The summed E-state index contributed by atoms with van der Waals surface area (Å²) in [6, 6.07) is 0.456. The number of carbonyl (C=O) groups excluding carboxylic acids is 1. The molecule has 0 aromatic heterocycles. The summed E-state index contributed by atoms with van der Waals surface area (Å²) in [5.41, 5.74) is 0. The average molecular weight is 252 g/mol. The molecule has 0 spiro atoms. The van der Waals surface area contributed by atoms with Gasteiger partial charge in [0.15, 0.2) is 0 Å². The molecule has 2 aliphatic carbocycles. The van der Waals surface area contributed by atoms with Crippen molar-refractivity contribution in [1.29, 1.82) is 0 Å². The van der Waals surface area contributed by atoms with E-state index in [1.807, 2.05) is 0 Å². The maximum absolute atomic E-state index is 11.8. The Bertz CT molecular complexity index is 302. The molecular weight excluding hydrogens is 228 g/mol. The molecule has 2 N–H and O–H groups in total. The smallest absolute Gasteiger partial charge is 0.315 e. The van der Waals surface area contributed by atoms with Crippen molar-refractivity contribution in [3.63, 3.8) is 0 Å². The van der Waals surface area contributed by atoms with Crippen LogP contribution in [0.25, 0.3) is 0 Å². The van der Waals surface area contributed by atoms with Gasteiger partial charge >= 0.3 is 6.03 Å². The summed E-state index contributed by atoms with van der Waals surface area (Å²) in [7, 11) is 0. The minimum absolute atomic E-state index is 0.0190. The molecule has 2 bridgehead atoms. The number of carbonyl (C=O) groups is 1. The Balaban J connectivity index is 1.32. The van der Waals surface area contributed by atoms with Gasteiger partial charge in [-0.1, -0.05) is 6.42 Å². The van der Waals surface area contributed by atoms with Crippen LogP contribution in [0, 0.1) is 11.8 Å². The lowest BCUT2D eigenvalue weighted by molar-refractivity contribution is 0.104. The number of hydrogen-bond acceptors (Lipinski definition) is 2. The molecule has 2 saturated carbocycles. The number of ether oxygens (including phenoxy) is 1. The Labute approximate surface area is 109 Å². The Morgan fingerprint density at radius 2 is 2.17 bits per heavy atom.